The van der Waals surface area contributed by atoms with Crippen molar-refractivity contribution in [3.8, 4) is 11.5 Å². The van der Waals surface area contributed by atoms with E-state index in [1.807, 2.05) is 13.8 Å². The van der Waals surface area contributed by atoms with Gasteiger partial charge in [0.15, 0.2) is 11.5 Å². The van der Waals surface area contributed by atoms with Gasteiger partial charge in [0.2, 0.25) is 0 Å². The highest BCUT2D eigenvalue weighted by Gasteiger charge is 2.41. The van der Waals surface area contributed by atoms with Gasteiger partial charge in [-0.25, -0.2) is 4.79 Å². The molecule has 1 aliphatic heterocycles. The Morgan fingerprint density at radius 2 is 1.93 bits per heavy atom. The van der Waals surface area contributed by atoms with E-state index in [9.17, 15) is 14.4 Å². The molecule has 0 N–H and O–H groups in total. The van der Waals surface area contributed by atoms with Gasteiger partial charge in [0.1, 0.15) is 6.04 Å². The van der Waals surface area contributed by atoms with Crippen LogP contribution in [0.25, 0.3) is 6.08 Å². The summed E-state index contributed by atoms with van der Waals surface area (Å²) in [7, 11) is 2.75. The Bertz CT molecular complexity index is 775. The first kappa shape index (κ1) is 20.8. The van der Waals surface area contributed by atoms with Crippen molar-refractivity contribution in [2.75, 3.05) is 14.2 Å². The average Bonchev–Trinajstić information content (AvgIpc) is 2.94. The van der Waals surface area contributed by atoms with Crippen molar-refractivity contribution in [1.82, 2.24) is 4.90 Å². The van der Waals surface area contributed by atoms with E-state index in [-0.39, 0.29) is 11.0 Å². The standard InChI is InChI=1S/C19H23NO6S/c1-6-11(2)26-14-8-7-13(9-15(14)24-4)10-16-17(21)20(19(23)27-16)12(3)18(22)25-5/h7-12H,6H2,1-5H3/b16-10+/t11-,12-/m0/s1. The van der Waals surface area contributed by atoms with E-state index >= 15 is 0 Å². The van der Waals surface area contributed by atoms with Gasteiger partial charge in [-0.2, -0.15) is 0 Å². The Morgan fingerprint density at radius 1 is 1.22 bits per heavy atom. The molecule has 0 bridgehead atoms. The number of methoxy groups -OCH3 is 2. The van der Waals surface area contributed by atoms with E-state index in [1.165, 1.54) is 21.1 Å². The summed E-state index contributed by atoms with van der Waals surface area (Å²) in [5, 5.41) is -0.507. The fourth-order valence-electron chi connectivity index (χ4n) is 2.41. The highest BCUT2D eigenvalue weighted by Crippen LogP contribution is 2.35. The molecule has 1 fully saturated rings. The van der Waals surface area contributed by atoms with Crippen molar-refractivity contribution in [2.24, 2.45) is 0 Å². The van der Waals surface area contributed by atoms with Crippen LogP contribution in [0.1, 0.15) is 32.8 Å². The van der Waals surface area contributed by atoms with Crippen LogP contribution < -0.4 is 9.47 Å². The van der Waals surface area contributed by atoms with Gasteiger partial charge < -0.3 is 14.2 Å². The molecule has 0 aliphatic carbocycles. The Kier molecular flexibility index (Phi) is 6.90. The van der Waals surface area contributed by atoms with Crippen molar-refractivity contribution >= 4 is 35.0 Å². The highest BCUT2D eigenvalue weighted by molar-refractivity contribution is 8.18. The summed E-state index contributed by atoms with van der Waals surface area (Å²) < 4.78 is 15.8. The third kappa shape index (κ3) is 4.63. The zero-order valence-corrected chi connectivity index (χ0v) is 16.8. The van der Waals surface area contributed by atoms with Crippen LogP contribution in [-0.2, 0) is 14.3 Å². The molecule has 2 amide bonds. The zero-order valence-electron chi connectivity index (χ0n) is 16.0. The Balaban J connectivity index is 2.27. The molecule has 8 heteroatoms. The number of thioether (sulfide) groups is 1. The van der Waals surface area contributed by atoms with Crippen LogP contribution in [0.4, 0.5) is 4.79 Å². The third-order valence-corrected chi connectivity index (χ3v) is 5.03. The lowest BCUT2D eigenvalue weighted by molar-refractivity contribution is -0.148. The molecule has 0 saturated carbocycles. The second kappa shape index (κ2) is 8.94. The van der Waals surface area contributed by atoms with Crippen molar-refractivity contribution in [2.45, 2.75) is 39.3 Å². The molecule has 2 atom stereocenters. The minimum Gasteiger partial charge on any atom is -0.493 e. The number of nitrogens with zero attached hydrogens (tertiary/aromatic N) is 1. The molecule has 1 aliphatic rings. The molecule has 27 heavy (non-hydrogen) atoms. The maximum atomic E-state index is 12.5. The van der Waals surface area contributed by atoms with Crippen LogP contribution in [-0.4, -0.2) is 48.4 Å². The Morgan fingerprint density at radius 3 is 2.52 bits per heavy atom. The molecule has 146 valence electrons. The quantitative estimate of drug-likeness (QED) is 0.518. The number of carbonyl (C=O) groups is 3. The lowest BCUT2D eigenvalue weighted by Gasteiger charge is -2.18. The summed E-state index contributed by atoms with van der Waals surface area (Å²) in [5.74, 6) is -0.0313. The van der Waals surface area contributed by atoms with E-state index in [2.05, 4.69) is 4.74 Å². The maximum absolute atomic E-state index is 12.5. The predicted octanol–water partition coefficient (Wildman–Crippen LogP) is 3.47. The highest BCUT2D eigenvalue weighted by atomic mass is 32.2. The molecule has 1 heterocycles. The summed E-state index contributed by atoms with van der Waals surface area (Å²) in [5.41, 5.74) is 0.680. The van der Waals surface area contributed by atoms with Crippen LogP contribution >= 0.6 is 11.8 Å². The number of imide groups is 1. The molecule has 0 aromatic heterocycles. The van der Waals surface area contributed by atoms with E-state index < -0.39 is 23.2 Å². The van der Waals surface area contributed by atoms with Crippen molar-refractivity contribution in [3.63, 3.8) is 0 Å². The number of esters is 1. The molecule has 0 spiro atoms. The monoisotopic (exact) mass is 393 g/mol. The Hall–Kier alpha value is -2.48. The average molecular weight is 393 g/mol. The summed E-state index contributed by atoms with van der Waals surface area (Å²) in [4.78, 5) is 37.5. The lowest BCUT2D eigenvalue weighted by atomic mass is 10.1. The molecular weight excluding hydrogens is 370 g/mol. The van der Waals surface area contributed by atoms with Gasteiger partial charge in [-0.15, -0.1) is 0 Å². The van der Waals surface area contributed by atoms with E-state index in [0.717, 1.165) is 23.1 Å². The van der Waals surface area contributed by atoms with Gasteiger partial charge in [0.25, 0.3) is 11.1 Å². The van der Waals surface area contributed by atoms with Crippen molar-refractivity contribution < 1.29 is 28.6 Å². The zero-order chi connectivity index (χ0) is 20.1. The fourth-order valence-corrected chi connectivity index (χ4v) is 3.32. The molecule has 0 radical (unpaired) electrons. The summed E-state index contributed by atoms with van der Waals surface area (Å²) >= 11 is 0.783. The number of hydrogen-bond donors (Lipinski definition) is 0. The van der Waals surface area contributed by atoms with Gasteiger partial charge in [0, 0.05) is 0 Å². The topological polar surface area (TPSA) is 82.1 Å². The van der Waals surface area contributed by atoms with Crippen molar-refractivity contribution in [3.05, 3.63) is 28.7 Å². The molecule has 1 aromatic carbocycles. The van der Waals surface area contributed by atoms with Gasteiger partial charge in [0.05, 0.1) is 25.2 Å². The Labute approximate surface area is 162 Å². The lowest BCUT2D eigenvalue weighted by Crippen LogP contribution is -2.42. The molecule has 7 nitrogen and oxygen atoms in total. The number of carbonyl (C=O) groups excluding carboxylic acids is 3. The second-order valence-electron chi connectivity index (χ2n) is 6.00. The van der Waals surface area contributed by atoms with Crippen LogP contribution in [0.2, 0.25) is 0 Å². The summed E-state index contributed by atoms with van der Waals surface area (Å²) in [6.07, 6.45) is 2.49. The molecule has 0 unspecified atom stereocenters. The molecule has 2 rings (SSSR count). The number of rotatable bonds is 7. The first-order chi connectivity index (χ1) is 12.8. The van der Waals surface area contributed by atoms with Crippen LogP contribution in [0, 0.1) is 0 Å². The van der Waals surface area contributed by atoms with Gasteiger partial charge in [-0.1, -0.05) is 13.0 Å². The van der Waals surface area contributed by atoms with E-state index in [1.54, 1.807) is 24.3 Å². The number of amides is 2. The van der Waals surface area contributed by atoms with Gasteiger partial charge >= 0.3 is 5.97 Å². The normalized spacial score (nSPS) is 17.8. The smallest absolute Gasteiger partial charge is 0.328 e. The van der Waals surface area contributed by atoms with Gasteiger partial charge in [-0.05, 0) is 55.8 Å². The second-order valence-corrected chi connectivity index (χ2v) is 6.99. The summed E-state index contributed by atoms with van der Waals surface area (Å²) in [6.45, 7) is 5.44. The minimum absolute atomic E-state index is 0.0426. The minimum atomic E-state index is -0.978. The van der Waals surface area contributed by atoms with Crippen LogP contribution in [0.15, 0.2) is 23.1 Å². The predicted molar refractivity (Wildman–Crippen MR) is 103 cm³/mol. The van der Waals surface area contributed by atoms with E-state index in [4.69, 9.17) is 9.47 Å². The maximum Gasteiger partial charge on any atom is 0.328 e. The van der Waals surface area contributed by atoms with Crippen LogP contribution in [0.3, 0.4) is 0 Å². The molecule has 1 aromatic rings. The first-order valence-corrected chi connectivity index (χ1v) is 9.33. The SMILES string of the molecule is CC[C@H](C)Oc1ccc(/C=C2/SC(=O)N([C@@H](C)C(=O)OC)C2=O)cc1OC. The van der Waals surface area contributed by atoms with Crippen molar-refractivity contribution in [1.29, 1.82) is 0 Å². The largest absolute Gasteiger partial charge is 0.493 e. The number of benzene rings is 1. The number of hydrogen-bond acceptors (Lipinski definition) is 7. The van der Waals surface area contributed by atoms with E-state index in [0.29, 0.717) is 17.1 Å². The third-order valence-electron chi connectivity index (χ3n) is 4.14. The fraction of sp³-hybridized carbons (Fsp3) is 0.421. The van der Waals surface area contributed by atoms with Gasteiger partial charge in [-0.3, -0.25) is 14.5 Å². The molecule has 1 saturated heterocycles. The number of ether oxygens (including phenoxy) is 3. The van der Waals surface area contributed by atoms with Crippen LogP contribution in [0.5, 0.6) is 11.5 Å². The first-order valence-electron chi connectivity index (χ1n) is 8.51. The summed E-state index contributed by atoms with van der Waals surface area (Å²) in [6, 6.07) is 4.29. The molecular formula is C19H23NO6S.